The van der Waals surface area contributed by atoms with Crippen molar-refractivity contribution < 1.29 is 19.5 Å². The number of hydrogen-bond donors (Lipinski definition) is 2. The maximum Gasteiger partial charge on any atom is 0.343 e. The average Bonchev–Trinajstić information content (AvgIpc) is 3.18. The van der Waals surface area contributed by atoms with Crippen molar-refractivity contribution in [2.24, 2.45) is 5.16 Å². The van der Waals surface area contributed by atoms with E-state index in [1.807, 2.05) is 45.0 Å². The molecule has 0 spiro atoms. The number of carbonyl (C=O) groups is 1. The van der Waals surface area contributed by atoms with Crippen molar-refractivity contribution >= 4 is 28.8 Å². The molecule has 0 unspecified atom stereocenters. The highest BCUT2D eigenvalue weighted by atomic mass is 16.6. The number of cyclic esters (lactones) is 1. The van der Waals surface area contributed by atoms with Gasteiger partial charge in [0.05, 0.1) is 40.9 Å². The molecular weight excluding hydrogens is 436 g/mol. The Morgan fingerprint density at radius 2 is 2.03 bits per heavy atom. The summed E-state index contributed by atoms with van der Waals surface area (Å²) in [5, 5.41) is 16.2. The highest BCUT2D eigenvalue weighted by Crippen LogP contribution is 2.44. The Balaban J connectivity index is 1.80. The van der Waals surface area contributed by atoms with Gasteiger partial charge in [-0.3, -0.25) is 4.79 Å². The third kappa shape index (κ3) is 3.11. The number of esters is 1. The van der Waals surface area contributed by atoms with E-state index in [1.54, 1.807) is 13.1 Å². The number of hydrogen-bond acceptors (Lipinski definition) is 8. The van der Waals surface area contributed by atoms with Crippen LogP contribution < -0.4 is 11.3 Å². The summed E-state index contributed by atoms with van der Waals surface area (Å²) in [4.78, 5) is 36.4. The zero-order valence-electron chi connectivity index (χ0n) is 19.5. The van der Waals surface area contributed by atoms with Gasteiger partial charge < -0.3 is 25.0 Å². The van der Waals surface area contributed by atoms with Gasteiger partial charge in [-0.05, 0) is 33.3 Å². The number of ether oxygens (including phenoxy) is 1. The third-order valence-electron chi connectivity index (χ3n) is 6.30. The van der Waals surface area contributed by atoms with E-state index < -0.39 is 17.2 Å². The Labute approximate surface area is 195 Å². The Morgan fingerprint density at radius 1 is 1.29 bits per heavy atom. The molecule has 2 aliphatic heterocycles. The predicted molar refractivity (Wildman–Crippen MR) is 127 cm³/mol. The first-order valence-corrected chi connectivity index (χ1v) is 11.2. The summed E-state index contributed by atoms with van der Waals surface area (Å²) in [6, 6.07) is 7.58. The minimum atomic E-state index is -1.99. The fraction of sp³-hybridized carbons (Fsp3) is 0.360. The topological polar surface area (TPSA) is 129 Å². The van der Waals surface area contributed by atoms with Crippen LogP contribution in [0.1, 0.15) is 56.4 Å². The molecule has 2 aromatic heterocycles. The molecule has 34 heavy (non-hydrogen) atoms. The lowest BCUT2D eigenvalue weighted by atomic mass is 9.84. The maximum absolute atomic E-state index is 13.5. The van der Waals surface area contributed by atoms with E-state index in [9.17, 15) is 14.7 Å². The number of carbonyl (C=O) groups excluding carboxylic acids is 1. The first-order chi connectivity index (χ1) is 16.1. The van der Waals surface area contributed by atoms with Crippen LogP contribution in [-0.2, 0) is 33.1 Å². The molecule has 1 atom stereocenters. The zero-order chi connectivity index (χ0) is 24.4. The Bertz CT molecular complexity index is 1450. The van der Waals surface area contributed by atoms with Crippen molar-refractivity contribution in [1.29, 1.82) is 0 Å². The van der Waals surface area contributed by atoms with Crippen molar-refractivity contribution in [2.75, 3.05) is 5.73 Å². The standard InChI is InChI=1S/C25H26N4O5/c1-5-25(32)18-16(12-33-23(25)31)22(30)29-11-15-14(10-27-34-24(2,3)4)13-8-6-7-9-17(13)28-20(15)21(29)19(18)26/h6-10,32H,5,11-12,26H2,1-4H3/t25-/m0/s1. The molecule has 1 aromatic carbocycles. The van der Waals surface area contributed by atoms with Crippen molar-refractivity contribution in [3.8, 4) is 11.4 Å². The molecular formula is C25H26N4O5. The second-order valence-corrected chi connectivity index (χ2v) is 9.61. The number of nitrogens with two attached hydrogens (primary N) is 1. The SMILES string of the molecule is CC[C@@]1(O)C(=O)OCc2c1c(N)c1n(c2=O)Cc2c-1nc1ccccc1c2C=NOC(C)(C)C. The summed E-state index contributed by atoms with van der Waals surface area (Å²) < 4.78 is 6.67. The molecule has 3 aromatic rings. The van der Waals surface area contributed by atoms with Crippen LogP contribution in [0, 0.1) is 0 Å². The second-order valence-electron chi connectivity index (χ2n) is 9.61. The normalized spacial score (nSPS) is 19.1. The number of aliphatic hydroxyl groups is 1. The van der Waals surface area contributed by atoms with Gasteiger partial charge in [-0.1, -0.05) is 30.3 Å². The molecule has 0 bridgehead atoms. The van der Waals surface area contributed by atoms with E-state index in [-0.39, 0.29) is 41.9 Å². The fourth-order valence-corrected chi connectivity index (χ4v) is 4.67. The number of oxime groups is 1. The summed E-state index contributed by atoms with van der Waals surface area (Å²) in [6.45, 7) is 7.33. The van der Waals surface area contributed by atoms with E-state index in [0.717, 1.165) is 16.5 Å². The molecule has 2 aliphatic rings. The first-order valence-electron chi connectivity index (χ1n) is 11.2. The van der Waals surface area contributed by atoms with Crippen LogP contribution in [0.15, 0.2) is 34.2 Å². The van der Waals surface area contributed by atoms with Gasteiger partial charge in [0, 0.05) is 22.1 Å². The van der Waals surface area contributed by atoms with Crippen LogP contribution in [-0.4, -0.2) is 32.4 Å². The molecule has 0 amide bonds. The van der Waals surface area contributed by atoms with Crippen molar-refractivity contribution in [1.82, 2.24) is 9.55 Å². The molecule has 5 rings (SSSR count). The minimum Gasteiger partial charge on any atom is -0.458 e. The number of nitrogen functional groups attached to an aromatic ring is 1. The molecule has 0 saturated carbocycles. The van der Waals surface area contributed by atoms with Crippen LogP contribution in [0.2, 0.25) is 0 Å². The van der Waals surface area contributed by atoms with Crippen LogP contribution in [0.25, 0.3) is 22.3 Å². The number of benzene rings is 1. The summed E-state index contributed by atoms with van der Waals surface area (Å²) in [6.07, 6.45) is 1.65. The fourth-order valence-electron chi connectivity index (χ4n) is 4.67. The number of nitrogens with zero attached hydrogens (tertiary/aromatic N) is 3. The highest BCUT2D eigenvalue weighted by Gasteiger charge is 2.47. The van der Waals surface area contributed by atoms with Crippen molar-refractivity contribution in [3.05, 3.63) is 56.9 Å². The lowest BCUT2D eigenvalue weighted by Gasteiger charge is -2.33. The number of rotatable bonds is 3. The van der Waals surface area contributed by atoms with Gasteiger partial charge >= 0.3 is 5.97 Å². The second kappa shape index (κ2) is 7.39. The zero-order valence-corrected chi connectivity index (χ0v) is 19.5. The summed E-state index contributed by atoms with van der Waals surface area (Å²) >= 11 is 0. The van der Waals surface area contributed by atoms with Crippen LogP contribution in [0.4, 0.5) is 5.69 Å². The number of pyridine rings is 2. The third-order valence-corrected chi connectivity index (χ3v) is 6.30. The molecule has 0 radical (unpaired) electrons. The number of anilines is 1. The van der Waals surface area contributed by atoms with Gasteiger partial charge in [0.15, 0.2) is 5.60 Å². The van der Waals surface area contributed by atoms with Gasteiger partial charge in [-0.2, -0.15) is 0 Å². The van der Waals surface area contributed by atoms with Gasteiger partial charge in [0.25, 0.3) is 5.56 Å². The van der Waals surface area contributed by atoms with Crippen LogP contribution >= 0.6 is 0 Å². The molecule has 9 nitrogen and oxygen atoms in total. The lowest BCUT2D eigenvalue weighted by Crippen LogP contribution is -2.45. The van der Waals surface area contributed by atoms with Crippen molar-refractivity contribution in [2.45, 2.75) is 58.5 Å². The summed E-state index contributed by atoms with van der Waals surface area (Å²) in [5.41, 5.74) is 7.35. The Morgan fingerprint density at radius 3 is 2.74 bits per heavy atom. The summed E-state index contributed by atoms with van der Waals surface area (Å²) in [7, 11) is 0. The van der Waals surface area contributed by atoms with E-state index in [1.165, 1.54) is 4.57 Å². The van der Waals surface area contributed by atoms with Gasteiger partial charge in [-0.25, -0.2) is 9.78 Å². The van der Waals surface area contributed by atoms with Gasteiger partial charge in [-0.15, -0.1) is 0 Å². The quantitative estimate of drug-likeness (QED) is 0.272. The molecule has 4 heterocycles. The highest BCUT2D eigenvalue weighted by molar-refractivity contribution is 6.03. The number of aromatic nitrogens is 2. The predicted octanol–water partition coefficient (Wildman–Crippen LogP) is 2.81. The van der Waals surface area contributed by atoms with Crippen LogP contribution in [0.3, 0.4) is 0 Å². The summed E-state index contributed by atoms with van der Waals surface area (Å²) in [5.74, 6) is -0.810. The maximum atomic E-state index is 13.5. The van der Waals surface area contributed by atoms with Gasteiger partial charge in [0.2, 0.25) is 0 Å². The molecule has 0 fully saturated rings. The van der Waals surface area contributed by atoms with E-state index in [4.69, 9.17) is 20.3 Å². The van der Waals surface area contributed by atoms with Crippen LogP contribution in [0.5, 0.6) is 0 Å². The first kappa shape index (κ1) is 22.1. The minimum absolute atomic E-state index is 0.0198. The monoisotopic (exact) mass is 462 g/mol. The largest absolute Gasteiger partial charge is 0.458 e. The molecule has 0 saturated heterocycles. The van der Waals surface area contributed by atoms with Gasteiger partial charge in [0.1, 0.15) is 12.2 Å². The number of para-hydroxylation sites is 1. The average molecular weight is 463 g/mol. The molecule has 176 valence electrons. The molecule has 3 N–H and O–H groups in total. The van der Waals surface area contributed by atoms with E-state index in [0.29, 0.717) is 16.9 Å². The lowest BCUT2D eigenvalue weighted by molar-refractivity contribution is -0.172. The van der Waals surface area contributed by atoms with Crippen molar-refractivity contribution in [3.63, 3.8) is 0 Å². The molecule has 0 aliphatic carbocycles. The van der Waals surface area contributed by atoms with E-state index >= 15 is 0 Å². The Kier molecular flexibility index (Phi) is 4.80. The van der Waals surface area contributed by atoms with E-state index in [2.05, 4.69) is 5.16 Å². The Hall–Kier alpha value is -3.72. The molecule has 9 heteroatoms. The number of fused-ring (bicyclic) bond motifs is 5. The smallest absolute Gasteiger partial charge is 0.343 e.